The van der Waals surface area contributed by atoms with Crippen molar-refractivity contribution in [3.05, 3.63) is 65.7 Å². The van der Waals surface area contributed by atoms with E-state index in [4.69, 9.17) is 11.7 Å². The van der Waals surface area contributed by atoms with Crippen molar-refractivity contribution in [2.75, 3.05) is 5.01 Å². The lowest BCUT2D eigenvalue weighted by Gasteiger charge is -2.18. The first kappa shape index (κ1) is 13.7. The summed E-state index contributed by atoms with van der Waals surface area (Å²) in [5.74, 6) is 9.87. The third kappa shape index (κ3) is 2.66. The van der Waals surface area contributed by atoms with Crippen molar-refractivity contribution in [1.82, 2.24) is 5.43 Å². The zero-order valence-corrected chi connectivity index (χ0v) is 10.6. The lowest BCUT2D eigenvalue weighted by Crippen LogP contribution is -2.39. The second kappa shape index (κ2) is 5.96. The van der Waals surface area contributed by atoms with Gasteiger partial charge in [-0.3, -0.25) is 15.0 Å². The van der Waals surface area contributed by atoms with Gasteiger partial charge in [-0.2, -0.15) is 0 Å². The molecule has 0 aliphatic heterocycles. The molecule has 0 atom stereocenters. The fraction of sp³-hybridized carbons (Fsp3) is 0. The molecule has 0 heterocycles. The van der Waals surface area contributed by atoms with Gasteiger partial charge >= 0.3 is 0 Å². The molecule has 2 aromatic rings. The van der Waals surface area contributed by atoms with Gasteiger partial charge in [-0.15, -0.1) is 0 Å². The Kier molecular flexibility index (Phi) is 4.09. The Bertz CT molecular complexity index is 628. The maximum atomic E-state index is 12.4. The normalized spacial score (nSPS) is 9.90. The maximum Gasteiger partial charge on any atom is 0.273 e. The summed E-state index contributed by atoms with van der Waals surface area (Å²) in [6, 6.07) is 15.1. The van der Waals surface area contributed by atoms with E-state index in [0.717, 1.165) is 5.01 Å². The van der Waals surface area contributed by atoms with Crippen LogP contribution in [0.5, 0.6) is 0 Å². The van der Waals surface area contributed by atoms with Gasteiger partial charge in [0.25, 0.3) is 11.8 Å². The molecular weight excluding hydrogens is 256 g/mol. The van der Waals surface area contributed by atoms with Crippen LogP contribution in [0, 0.1) is 0 Å². The monoisotopic (exact) mass is 270 g/mol. The van der Waals surface area contributed by atoms with Crippen molar-refractivity contribution in [2.24, 2.45) is 11.7 Å². The Hall–Kier alpha value is -2.70. The first-order chi connectivity index (χ1) is 9.65. The zero-order chi connectivity index (χ0) is 14.5. The van der Waals surface area contributed by atoms with E-state index in [9.17, 15) is 9.59 Å². The topological polar surface area (TPSA) is 101 Å². The number of nitrogens with one attached hydrogen (secondary N) is 1. The zero-order valence-electron chi connectivity index (χ0n) is 10.6. The molecule has 0 aromatic heterocycles. The molecule has 2 rings (SSSR count). The molecule has 0 aliphatic carbocycles. The first-order valence-electron chi connectivity index (χ1n) is 5.89. The van der Waals surface area contributed by atoms with Crippen LogP contribution in [0.4, 0.5) is 5.69 Å². The molecule has 2 amide bonds. The average Bonchev–Trinajstić information content (AvgIpc) is 2.53. The highest BCUT2D eigenvalue weighted by Gasteiger charge is 2.20. The number of amides is 2. The number of anilines is 1. The number of nitrogens with two attached hydrogens (primary N) is 2. The number of hydrazine groups is 2. The maximum absolute atomic E-state index is 12.4. The van der Waals surface area contributed by atoms with Gasteiger partial charge in [0.05, 0.1) is 16.8 Å². The van der Waals surface area contributed by atoms with Crippen LogP contribution in [0.15, 0.2) is 54.6 Å². The lowest BCUT2D eigenvalue weighted by atomic mass is 10.1. The average molecular weight is 270 g/mol. The molecule has 20 heavy (non-hydrogen) atoms. The highest BCUT2D eigenvalue weighted by Crippen LogP contribution is 2.16. The summed E-state index contributed by atoms with van der Waals surface area (Å²) in [4.78, 5) is 24.0. The number of nitrogens with zero attached hydrogens (tertiary/aromatic N) is 1. The second-order valence-corrected chi connectivity index (χ2v) is 4.03. The smallest absolute Gasteiger partial charge is 0.273 e. The Balaban J connectivity index is 2.37. The Morgan fingerprint density at radius 3 is 2.05 bits per heavy atom. The van der Waals surface area contributed by atoms with Crippen LogP contribution in [0.1, 0.15) is 20.7 Å². The molecule has 0 unspecified atom stereocenters. The first-order valence-corrected chi connectivity index (χ1v) is 5.89. The van der Waals surface area contributed by atoms with Crippen molar-refractivity contribution in [1.29, 1.82) is 0 Å². The third-order valence-electron chi connectivity index (χ3n) is 2.79. The van der Waals surface area contributed by atoms with Crippen LogP contribution in [0.25, 0.3) is 0 Å². The summed E-state index contributed by atoms with van der Waals surface area (Å²) in [6.45, 7) is 0. The molecule has 0 aliphatic rings. The molecule has 6 nitrogen and oxygen atoms in total. The molecule has 0 fully saturated rings. The third-order valence-corrected chi connectivity index (χ3v) is 2.79. The molecule has 6 heteroatoms. The van der Waals surface area contributed by atoms with Gasteiger partial charge in [-0.1, -0.05) is 30.3 Å². The predicted molar refractivity (Wildman–Crippen MR) is 75.5 cm³/mol. The quantitative estimate of drug-likeness (QED) is 0.436. The number of nitrogen functional groups attached to an aromatic ring is 1. The minimum atomic E-state index is -0.546. The highest BCUT2D eigenvalue weighted by molar-refractivity contribution is 6.12. The summed E-state index contributed by atoms with van der Waals surface area (Å²) in [7, 11) is 0. The molecule has 0 spiro atoms. The van der Waals surface area contributed by atoms with E-state index in [1.54, 1.807) is 36.4 Å². The van der Waals surface area contributed by atoms with Crippen LogP contribution in [-0.4, -0.2) is 11.8 Å². The number of hydrogen-bond donors (Lipinski definition) is 3. The van der Waals surface area contributed by atoms with E-state index in [2.05, 4.69) is 0 Å². The lowest BCUT2D eigenvalue weighted by molar-refractivity contribution is 0.0933. The number of rotatable bonds is 3. The van der Waals surface area contributed by atoms with Gasteiger partial charge < -0.3 is 0 Å². The largest absolute Gasteiger partial charge is 0.290 e. The Morgan fingerprint density at radius 2 is 1.45 bits per heavy atom. The van der Waals surface area contributed by atoms with Crippen molar-refractivity contribution in [3.8, 4) is 0 Å². The molecule has 5 N–H and O–H groups in total. The van der Waals surface area contributed by atoms with Gasteiger partial charge in [-0.25, -0.2) is 16.7 Å². The summed E-state index contributed by atoms with van der Waals surface area (Å²) < 4.78 is 0. The number of benzene rings is 2. The number of para-hydroxylation sites is 1. The minimum Gasteiger partial charge on any atom is -0.290 e. The fourth-order valence-corrected chi connectivity index (χ4v) is 1.78. The predicted octanol–water partition coefficient (Wildman–Crippen LogP) is 0.811. The van der Waals surface area contributed by atoms with E-state index < -0.39 is 11.8 Å². The fourth-order valence-electron chi connectivity index (χ4n) is 1.78. The summed E-state index contributed by atoms with van der Waals surface area (Å²) in [5.41, 5.74) is 2.89. The van der Waals surface area contributed by atoms with Gasteiger partial charge in [0.1, 0.15) is 0 Å². The van der Waals surface area contributed by atoms with Crippen LogP contribution in [0.3, 0.4) is 0 Å². The van der Waals surface area contributed by atoms with E-state index in [1.807, 2.05) is 11.5 Å². The van der Waals surface area contributed by atoms with Crippen molar-refractivity contribution >= 4 is 17.5 Å². The molecule has 102 valence electrons. The van der Waals surface area contributed by atoms with Gasteiger partial charge in [0, 0.05) is 0 Å². The second-order valence-electron chi connectivity index (χ2n) is 4.03. The number of carbonyl (C=O) groups excluding carboxylic acids is 2. The van der Waals surface area contributed by atoms with Crippen molar-refractivity contribution in [2.45, 2.75) is 0 Å². The highest BCUT2D eigenvalue weighted by atomic mass is 16.2. The molecule has 0 bridgehead atoms. The molecule has 0 saturated carbocycles. The van der Waals surface area contributed by atoms with Gasteiger partial charge in [-0.05, 0) is 24.3 Å². The van der Waals surface area contributed by atoms with Gasteiger partial charge in [0.15, 0.2) is 0 Å². The van der Waals surface area contributed by atoms with Crippen LogP contribution in [-0.2, 0) is 0 Å². The van der Waals surface area contributed by atoms with Crippen LogP contribution in [0.2, 0.25) is 0 Å². The van der Waals surface area contributed by atoms with Crippen LogP contribution < -0.4 is 22.1 Å². The Morgan fingerprint density at radius 1 is 0.900 bits per heavy atom. The SMILES string of the molecule is NNC(=O)c1ccccc1C(=O)N(N)c1ccccc1. The molecular formula is C14H14N4O2. The van der Waals surface area contributed by atoms with Crippen molar-refractivity contribution in [3.63, 3.8) is 0 Å². The van der Waals surface area contributed by atoms with E-state index >= 15 is 0 Å². The molecule has 0 saturated heterocycles. The standard InChI is InChI=1S/C14H14N4O2/c15-17-13(19)11-8-4-5-9-12(11)14(20)18(16)10-6-2-1-3-7-10/h1-9H,15-16H2,(H,17,19). The van der Waals surface area contributed by atoms with Crippen LogP contribution >= 0.6 is 0 Å². The summed E-state index contributed by atoms with van der Waals surface area (Å²) in [6.07, 6.45) is 0. The van der Waals surface area contributed by atoms with Gasteiger partial charge in [0.2, 0.25) is 0 Å². The molecule has 0 radical (unpaired) electrons. The number of hydrogen-bond acceptors (Lipinski definition) is 4. The molecule has 2 aromatic carbocycles. The van der Waals surface area contributed by atoms with E-state index in [-0.39, 0.29) is 11.1 Å². The summed E-state index contributed by atoms with van der Waals surface area (Å²) >= 11 is 0. The minimum absolute atomic E-state index is 0.173. The van der Waals surface area contributed by atoms with E-state index in [0.29, 0.717) is 5.69 Å². The number of carbonyl (C=O) groups is 2. The summed E-state index contributed by atoms with van der Waals surface area (Å²) in [5, 5.41) is 0.989. The van der Waals surface area contributed by atoms with Crippen molar-refractivity contribution < 1.29 is 9.59 Å². The Labute approximate surface area is 115 Å². The van der Waals surface area contributed by atoms with E-state index in [1.165, 1.54) is 12.1 Å².